The molecule has 6 nitrogen and oxygen atoms in total. The second kappa shape index (κ2) is 11.8. The lowest BCUT2D eigenvalue weighted by atomic mass is 9.96. The van der Waals surface area contributed by atoms with Gasteiger partial charge in [0.1, 0.15) is 5.60 Å². The Bertz CT molecular complexity index is 364. The maximum absolute atomic E-state index is 11.4. The number of ether oxygens (including phenoxy) is 1. The molecule has 0 aliphatic heterocycles. The van der Waals surface area contributed by atoms with E-state index in [0.29, 0.717) is 25.1 Å². The summed E-state index contributed by atoms with van der Waals surface area (Å²) in [6, 6.07) is 0.492. The lowest BCUT2D eigenvalue weighted by Crippen LogP contribution is -2.41. The van der Waals surface area contributed by atoms with Gasteiger partial charge in [-0.05, 0) is 46.5 Å². The van der Waals surface area contributed by atoms with Crippen LogP contribution in [0.5, 0.6) is 0 Å². The minimum absolute atomic E-state index is 0. The van der Waals surface area contributed by atoms with Gasteiger partial charge in [-0.25, -0.2) is 4.79 Å². The number of nitrogens with two attached hydrogens (primary N) is 1. The van der Waals surface area contributed by atoms with Crippen molar-refractivity contribution in [2.75, 3.05) is 13.1 Å². The molecule has 136 valence electrons. The summed E-state index contributed by atoms with van der Waals surface area (Å²) in [5, 5.41) is 6.03. The van der Waals surface area contributed by atoms with Crippen molar-refractivity contribution in [2.24, 2.45) is 10.7 Å². The van der Waals surface area contributed by atoms with Crippen LogP contribution in [0.2, 0.25) is 0 Å². The van der Waals surface area contributed by atoms with Gasteiger partial charge in [0.2, 0.25) is 0 Å². The minimum Gasteiger partial charge on any atom is -0.444 e. The van der Waals surface area contributed by atoms with E-state index in [2.05, 4.69) is 15.6 Å². The van der Waals surface area contributed by atoms with Gasteiger partial charge in [0.25, 0.3) is 0 Å². The number of amides is 1. The van der Waals surface area contributed by atoms with E-state index in [9.17, 15) is 4.79 Å². The first-order chi connectivity index (χ1) is 10.4. The van der Waals surface area contributed by atoms with Crippen LogP contribution in [0.3, 0.4) is 0 Å². The van der Waals surface area contributed by atoms with Gasteiger partial charge in [0.15, 0.2) is 5.96 Å². The van der Waals surface area contributed by atoms with Crippen molar-refractivity contribution >= 4 is 36.0 Å². The molecule has 0 spiro atoms. The summed E-state index contributed by atoms with van der Waals surface area (Å²) in [6.45, 7) is 6.83. The highest BCUT2D eigenvalue weighted by molar-refractivity contribution is 14.0. The summed E-state index contributed by atoms with van der Waals surface area (Å²) in [6.07, 6.45) is 7.66. The van der Waals surface area contributed by atoms with E-state index >= 15 is 0 Å². The predicted molar refractivity (Wildman–Crippen MR) is 105 cm³/mol. The Morgan fingerprint density at radius 2 is 1.87 bits per heavy atom. The van der Waals surface area contributed by atoms with Crippen molar-refractivity contribution in [3.63, 3.8) is 0 Å². The quantitative estimate of drug-likeness (QED) is 0.256. The number of unbranched alkanes of at least 4 members (excludes halogenated alkanes) is 1. The highest BCUT2D eigenvalue weighted by atomic mass is 127. The SMILES string of the molecule is CC(C)(C)OC(=O)NCCCCN=C(N)NC1CCCCC1.I. The third kappa shape index (κ3) is 12.4. The van der Waals surface area contributed by atoms with Gasteiger partial charge in [-0.3, -0.25) is 4.99 Å². The van der Waals surface area contributed by atoms with E-state index < -0.39 is 5.60 Å². The summed E-state index contributed by atoms with van der Waals surface area (Å²) < 4.78 is 5.16. The number of rotatable bonds is 6. The van der Waals surface area contributed by atoms with E-state index in [1.165, 1.54) is 32.1 Å². The zero-order chi connectivity index (χ0) is 16.4. The van der Waals surface area contributed by atoms with Crippen molar-refractivity contribution in [3.05, 3.63) is 0 Å². The van der Waals surface area contributed by atoms with Crippen molar-refractivity contribution < 1.29 is 9.53 Å². The Morgan fingerprint density at radius 1 is 1.22 bits per heavy atom. The number of aliphatic imine (C=N–C) groups is 1. The molecule has 0 aromatic rings. The number of carbonyl (C=O) groups excluding carboxylic acids is 1. The Morgan fingerprint density at radius 3 is 2.48 bits per heavy atom. The molecule has 1 aliphatic carbocycles. The third-order valence-corrected chi connectivity index (χ3v) is 3.49. The van der Waals surface area contributed by atoms with Gasteiger partial charge < -0.3 is 21.1 Å². The van der Waals surface area contributed by atoms with E-state index in [0.717, 1.165) is 12.8 Å². The van der Waals surface area contributed by atoms with Crippen LogP contribution in [0.25, 0.3) is 0 Å². The van der Waals surface area contributed by atoms with Crippen LogP contribution in [-0.4, -0.2) is 36.8 Å². The van der Waals surface area contributed by atoms with Crippen molar-refractivity contribution in [3.8, 4) is 0 Å². The highest BCUT2D eigenvalue weighted by Gasteiger charge is 2.15. The number of halogens is 1. The lowest BCUT2D eigenvalue weighted by molar-refractivity contribution is 0.0527. The summed E-state index contributed by atoms with van der Waals surface area (Å²) in [4.78, 5) is 15.8. The average molecular weight is 440 g/mol. The molecule has 0 atom stereocenters. The molecule has 7 heteroatoms. The molecule has 4 N–H and O–H groups in total. The van der Waals surface area contributed by atoms with Gasteiger partial charge in [0.05, 0.1) is 0 Å². The minimum atomic E-state index is -0.451. The monoisotopic (exact) mass is 440 g/mol. The van der Waals surface area contributed by atoms with E-state index in [1.54, 1.807) is 0 Å². The molecule has 0 radical (unpaired) electrons. The van der Waals surface area contributed by atoms with Crippen LogP contribution in [0.15, 0.2) is 4.99 Å². The average Bonchev–Trinajstić information content (AvgIpc) is 2.42. The molecule has 0 unspecified atom stereocenters. The number of nitrogens with one attached hydrogen (secondary N) is 2. The van der Waals surface area contributed by atoms with Gasteiger partial charge in [-0.1, -0.05) is 19.3 Å². The summed E-state index contributed by atoms with van der Waals surface area (Å²) in [5.41, 5.74) is 5.44. The molecule has 1 aliphatic rings. The Kier molecular flexibility index (Phi) is 11.4. The second-order valence-electron chi connectivity index (χ2n) is 6.88. The van der Waals surface area contributed by atoms with E-state index in [1.807, 2.05) is 20.8 Å². The molecule has 0 bridgehead atoms. The number of hydrogen-bond acceptors (Lipinski definition) is 3. The smallest absolute Gasteiger partial charge is 0.407 e. The number of alkyl carbamates (subject to hydrolysis) is 1. The number of hydrogen-bond donors (Lipinski definition) is 3. The van der Waals surface area contributed by atoms with Crippen LogP contribution < -0.4 is 16.4 Å². The topological polar surface area (TPSA) is 88.7 Å². The van der Waals surface area contributed by atoms with Crippen LogP contribution in [0.1, 0.15) is 65.7 Å². The fraction of sp³-hybridized carbons (Fsp3) is 0.875. The largest absolute Gasteiger partial charge is 0.444 e. The molecular formula is C16H33IN4O2. The molecule has 0 saturated heterocycles. The maximum Gasteiger partial charge on any atom is 0.407 e. The first-order valence-corrected chi connectivity index (χ1v) is 8.40. The van der Waals surface area contributed by atoms with Crippen molar-refractivity contribution in [1.29, 1.82) is 0 Å². The summed E-state index contributed by atoms with van der Waals surface area (Å²) in [5.74, 6) is 0.548. The summed E-state index contributed by atoms with van der Waals surface area (Å²) >= 11 is 0. The van der Waals surface area contributed by atoms with Crippen molar-refractivity contribution in [1.82, 2.24) is 10.6 Å². The number of nitrogens with zero attached hydrogens (tertiary/aromatic N) is 1. The molecule has 0 aromatic heterocycles. The van der Waals surface area contributed by atoms with Crippen LogP contribution in [0, 0.1) is 0 Å². The van der Waals surface area contributed by atoms with Crippen LogP contribution in [0.4, 0.5) is 4.79 Å². The normalized spacial score (nSPS) is 16.4. The highest BCUT2D eigenvalue weighted by Crippen LogP contribution is 2.16. The van der Waals surface area contributed by atoms with Gasteiger partial charge in [0, 0.05) is 19.1 Å². The molecule has 1 saturated carbocycles. The van der Waals surface area contributed by atoms with Gasteiger partial charge in [-0.2, -0.15) is 0 Å². The fourth-order valence-corrected chi connectivity index (χ4v) is 2.44. The fourth-order valence-electron chi connectivity index (χ4n) is 2.44. The van der Waals surface area contributed by atoms with E-state index in [4.69, 9.17) is 10.5 Å². The maximum atomic E-state index is 11.4. The Labute approximate surface area is 157 Å². The standard InChI is InChI=1S/C16H32N4O2.HI/c1-16(2,3)22-15(21)19-12-8-7-11-18-14(17)20-13-9-5-4-6-10-13;/h13H,4-12H2,1-3H3,(H,19,21)(H3,17,18,20);1H. The molecule has 1 rings (SSSR count). The summed E-state index contributed by atoms with van der Waals surface area (Å²) in [7, 11) is 0. The molecule has 0 aromatic carbocycles. The lowest BCUT2D eigenvalue weighted by Gasteiger charge is -2.23. The van der Waals surface area contributed by atoms with E-state index in [-0.39, 0.29) is 30.1 Å². The third-order valence-electron chi connectivity index (χ3n) is 3.49. The first-order valence-electron chi connectivity index (χ1n) is 8.40. The van der Waals surface area contributed by atoms with Gasteiger partial charge in [-0.15, -0.1) is 24.0 Å². The number of carbonyl (C=O) groups is 1. The van der Waals surface area contributed by atoms with Crippen LogP contribution >= 0.6 is 24.0 Å². The predicted octanol–water partition coefficient (Wildman–Crippen LogP) is 3.15. The Hall–Kier alpha value is -0.730. The molecule has 0 heterocycles. The second-order valence-corrected chi connectivity index (χ2v) is 6.88. The molecule has 23 heavy (non-hydrogen) atoms. The first kappa shape index (κ1) is 22.3. The Balaban J connectivity index is 0.00000484. The zero-order valence-electron chi connectivity index (χ0n) is 14.7. The molecule has 1 amide bonds. The number of guanidine groups is 1. The zero-order valence-corrected chi connectivity index (χ0v) is 17.0. The molecule has 1 fully saturated rings. The van der Waals surface area contributed by atoms with Crippen molar-refractivity contribution in [2.45, 2.75) is 77.4 Å². The van der Waals surface area contributed by atoms with Gasteiger partial charge >= 0.3 is 6.09 Å². The van der Waals surface area contributed by atoms with Crippen LogP contribution in [-0.2, 0) is 4.74 Å². The molecular weight excluding hydrogens is 407 g/mol.